The third kappa shape index (κ3) is 3.67. The van der Waals surface area contributed by atoms with Crippen LogP contribution in [-0.2, 0) is 5.60 Å². The summed E-state index contributed by atoms with van der Waals surface area (Å²) in [6.45, 7) is 12.1. The number of hydrogen-bond donors (Lipinski definition) is 1. The molecule has 0 saturated carbocycles. The topological polar surface area (TPSA) is 33.1 Å². The molecule has 0 aliphatic rings. The molecule has 24 heavy (non-hydrogen) atoms. The van der Waals surface area contributed by atoms with E-state index in [0.29, 0.717) is 0 Å². The molecule has 0 spiro atoms. The number of alkyl halides is 3. The van der Waals surface area contributed by atoms with Crippen LogP contribution in [0.3, 0.4) is 0 Å². The average Bonchev–Trinajstić information content (AvgIpc) is 2.46. The summed E-state index contributed by atoms with van der Waals surface area (Å²) in [4.78, 5) is 3.70. The quantitative estimate of drug-likeness (QED) is 0.604. The summed E-state index contributed by atoms with van der Waals surface area (Å²) < 4.78 is 40.8. The number of nitrogens with zero attached hydrogens (tertiary/aromatic N) is 1. The first kappa shape index (κ1) is 20.7. The van der Waals surface area contributed by atoms with Crippen molar-refractivity contribution in [1.29, 1.82) is 0 Å². The molecule has 1 N–H and O–H groups in total. The summed E-state index contributed by atoms with van der Waals surface area (Å²) in [6.07, 6.45) is -2.51. The molecule has 0 aliphatic carbocycles. The minimum Gasteiger partial charge on any atom is -0.366 e. The molecule has 1 unspecified atom stereocenters. The van der Waals surface area contributed by atoms with Gasteiger partial charge < -0.3 is 5.11 Å². The number of pyridine rings is 1. The molecule has 6 heteroatoms. The van der Waals surface area contributed by atoms with Gasteiger partial charge in [0.05, 0.1) is 0 Å². The van der Waals surface area contributed by atoms with Crippen LogP contribution >= 0.6 is 0 Å². The zero-order chi connectivity index (χ0) is 18.8. The largest absolute Gasteiger partial charge is 0.433 e. The molecule has 0 aromatic carbocycles. The summed E-state index contributed by atoms with van der Waals surface area (Å²) >= 11 is 0. The van der Waals surface area contributed by atoms with Crippen molar-refractivity contribution in [2.75, 3.05) is 0 Å². The van der Waals surface area contributed by atoms with Crippen molar-refractivity contribution in [1.82, 2.24) is 4.98 Å². The van der Waals surface area contributed by atoms with E-state index in [-0.39, 0.29) is 22.2 Å². The third-order valence-corrected chi connectivity index (χ3v) is 11.1. The molecule has 1 heterocycles. The molecule has 1 aromatic rings. The molecule has 0 aliphatic heterocycles. The Morgan fingerprint density at radius 3 is 1.88 bits per heavy atom. The van der Waals surface area contributed by atoms with Crippen molar-refractivity contribution in [2.45, 2.75) is 69.9 Å². The van der Waals surface area contributed by atoms with Crippen molar-refractivity contribution >= 4 is 8.07 Å². The van der Waals surface area contributed by atoms with Crippen molar-refractivity contribution < 1.29 is 18.3 Å². The van der Waals surface area contributed by atoms with E-state index in [1.54, 1.807) is 0 Å². The van der Waals surface area contributed by atoms with Gasteiger partial charge in [0.25, 0.3) is 0 Å². The average molecular weight is 357 g/mol. The van der Waals surface area contributed by atoms with Gasteiger partial charge in [0, 0.05) is 18.0 Å². The molecule has 1 atom stereocenters. The van der Waals surface area contributed by atoms with Gasteiger partial charge in [-0.15, -0.1) is 5.54 Å². The second-order valence-corrected chi connectivity index (χ2v) is 12.7. The number of aromatic nitrogens is 1. The SMILES string of the molecule is CC(C)[Si](C#CC(O)(c1cccnc1)C(F)(F)F)(C(C)C)C(C)C. The fourth-order valence-electron chi connectivity index (χ4n) is 3.52. The molecule has 1 rings (SSSR count). The van der Waals surface area contributed by atoms with Crippen molar-refractivity contribution in [3.05, 3.63) is 30.1 Å². The van der Waals surface area contributed by atoms with Crippen LogP contribution < -0.4 is 0 Å². The van der Waals surface area contributed by atoms with Crippen LogP contribution in [-0.4, -0.2) is 24.3 Å². The fraction of sp³-hybridized carbons (Fsp3) is 0.611. The molecule has 0 amide bonds. The van der Waals surface area contributed by atoms with E-state index in [4.69, 9.17) is 0 Å². The highest BCUT2D eigenvalue weighted by atomic mass is 28.3. The normalized spacial score (nSPS) is 15.4. The summed E-state index contributed by atoms with van der Waals surface area (Å²) in [5.41, 5.74) is -0.0397. The summed E-state index contributed by atoms with van der Waals surface area (Å²) in [7, 11) is -2.39. The summed E-state index contributed by atoms with van der Waals surface area (Å²) in [5.74, 6) is 2.24. The first-order valence-electron chi connectivity index (χ1n) is 8.13. The lowest BCUT2D eigenvalue weighted by atomic mass is 9.96. The number of aliphatic hydroxyl groups is 1. The van der Waals surface area contributed by atoms with Gasteiger partial charge >= 0.3 is 6.18 Å². The predicted octanol–water partition coefficient (Wildman–Crippen LogP) is 5.05. The van der Waals surface area contributed by atoms with Crippen molar-refractivity contribution in [2.24, 2.45) is 0 Å². The minimum absolute atomic E-state index is 0.177. The second kappa shape index (κ2) is 7.28. The Balaban J connectivity index is 3.59. The molecule has 0 radical (unpaired) electrons. The number of hydrogen-bond acceptors (Lipinski definition) is 2. The number of rotatable bonds is 4. The molecule has 134 valence electrons. The first-order valence-corrected chi connectivity index (χ1v) is 10.4. The lowest BCUT2D eigenvalue weighted by Gasteiger charge is -2.38. The van der Waals surface area contributed by atoms with Crippen LogP contribution in [0.5, 0.6) is 0 Å². The molecular weight excluding hydrogens is 331 g/mol. The van der Waals surface area contributed by atoms with E-state index >= 15 is 0 Å². The van der Waals surface area contributed by atoms with E-state index < -0.39 is 19.9 Å². The monoisotopic (exact) mass is 357 g/mol. The summed E-state index contributed by atoms with van der Waals surface area (Å²) in [6, 6.07) is 2.57. The van der Waals surface area contributed by atoms with Crippen LogP contribution in [0.15, 0.2) is 24.5 Å². The van der Waals surface area contributed by atoms with Gasteiger partial charge in [-0.2, -0.15) is 13.2 Å². The maximum Gasteiger partial charge on any atom is 0.433 e. The zero-order valence-corrected chi connectivity index (χ0v) is 16.1. The van der Waals surface area contributed by atoms with Crippen molar-refractivity contribution in [3.8, 4) is 11.5 Å². The molecule has 0 bridgehead atoms. The molecule has 1 aromatic heterocycles. The Hall–Kier alpha value is -1.32. The van der Waals surface area contributed by atoms with E-state index in [0.717, 1.165) is 6.20 Å². The molecule has 0 fully saturated rings. The van der Waals surface area contributed by atoms with Gasteiger partial charge in [0.1, 0.15) is 8.07 Å². The fourth-order valence-corrected chi connectivity index (χ4v) is 8.78. The highest BCUT2D eigenvalue weighted by molar-refractivity contribution is 6.90. The van der Waals surface area contributed by atoms with Gasteiger partial charge in [-0.05, 0) is 22.7 Å². The lowest BCUT2D eigenvalue weighted by Crippen LogP contribution is -2.46. The van der Waals surface area contributed by atoms with Gasteiger partial charge in [-0.25, -0.2) is 0 Å². The molecular formula is C18H26F3NOSi. The number of halogens is 3. The highest BCUT2D eigenvalue weighted by Gasteiger charge is 2.55. The maximum absolute atomic E-state index is 13.6. The highest BCUT2D eigenvalue weighted by Crippen LogP contribution is 2.43. The third-order valence-electron chi connectivity index (χ3n) is 4.82. The van der Waals surface area contributed by atoms with Crippen LogP contribution in [0.25, 0.3) is 0 Å². The predicted molar refractivity (Wildman–Crippen MR) is 93.0 cm³/mol. The Labute approximate surface area is 143 Å². The van der Waals surface area contributed by atoms with E-state index in [9.17, 15) is 18.3 Å². The Morgan fingerprint density at radius 2 is 1.54 bits per heavy atom. The van der Waals surface area contributed by atoms with E-state index in [2.05, 4.69) is 16.4 Å². The molecule has 2 nitrogen and oxygen atoms in total. The standard InChI is InChI=1S/C18H26F3NOSi/c1-13(2)24(14(3)4,15(5)6)11-9-17(23,18(19,20)21)16-8-7-10-22-12-16/h7-8,10,12-15,23H,1-6H3. The van der Waals surface area contributed by atoms with Gasteiger partial charge in [0.15, 0.2) is 0 Å². The van der Waals surface area contributed by atoms with Gasteiger partial charge in [-0.3, -0.25) is 4.98 Å². The van der Waals surface area contributed by atoms with Gasteiger partial charge in [0.2, 0.25) is 5.60 Å². The Bertz CT molecular complexity index is 580. The Morgan fingerprint density at radius 1 is 1.04 bits per heavy atom. The lowest BCUT2D eigenvalue weighted by molar-refractivity contribution is -0.240. The molecule has 0 saturated heterocycles. The van der Waals surface area contributed by atoms with E-state index in [1.165, 1.54) is 18.3 Å². The minimum atomic E-state index is -4.89. The van der Waals surface area contributed by atoms with Crippen LogP contribution in [0.4, 0.5) is 13.2 Å². The van der Waals surface area contributed by atoms with Crippen molar-refractivity contribution in [3.63, 3.8) is 0 Å². The van der Waals surface area contributed by atoms with E-state index in [1.807, 2.05) is 41.5 Å². The smallest absolute Gasteiger partial charge is 0.366 e. The zero-order valence-electron chi connectivity index (χ0n) is 15.1. The second-order valence-electron chi connectivity index (χ2n) is 7.10. The Kier molecular flexibility index (Phi) is 6.29. The summed E-state index contributed by atoms with van der Waals surface area (Å²) in [5, 5.41) is 10.4. The van der Waals surface area contributed by atoms with Crippen LogP contribution in [0.2, 0.25) is 16.6 Å². The van der Waals surface area contributed by atoms with Crippen LogP contribution in [0, 0.1) is 11.5 Å². The van der Waals surface area contributed by atoms with Crippen LogP contribution in [0.1, 0.15) is 47.1 Å². The first-order chi connectivity index (χ1) is 10.9. The van der Waals surface area contributed by atoms with Gasteiger partial charge in [-0.1, -0.05) is 53.5 Å². The maximum atomic E-state index is 13.6.